The molecule has 0 saturated heterocycles. The van der Waals surface area contributed by atoms with Gasteiger partial charge in [-0.2, -0.15) is 4.98 Å². The number of hydrogen-bond donors (Lipinski definition) is 1. The van der Waals surface area contributed by atoms with Gasteiger partial charge in [0.1, 0.15) is 5.82 Å². The Morgan fingerprint density at radius 2 is 2.05 bits per heavy atom. The number of benzene rings is 1. The smallest absolute Gasteiger partial charge is 0.231 e. The van der Waals surface area contributed by atoms with E-state index >= 15 is 0 Å². The van der Waals surface area contributed by atoms with E-state index in [0.717, 1.165) is 19.3 Å². The van der Waals surface area contributed by atoms with Gasteiger partial charge in [-0.15, -0.1) is 12.4 Å². The van der Waals surface area contributed by atoms with E-state index < -0.39 is 5.54 Å². The third-order valence-electron chi connectivity index (χ3n) is 3.46. The van der Waals surface area contributed by atoms with Crippen molar-refractivity contribution in [2.24, 2.45) is 5.73 Å². The maximum atomic E-state index is 13.5. The summed E-state index contributed by atoms with van der Waals surface area (Å²) in [6, 6.07) is 6.57. The van der Waals surface area contributed by atoms with Crippen LogP contribution < -0.4 is 5.73 Å². The Kier molecular flexibility index (Phi) is 3.87. The standard InChI is InChI=1S/C13H14FN3O.ClH/c14-10-5-2-1-4-9(10)8-11-16-12(17-18-11)13(15)6-3-7-13;/h1-2,4-5H,3,6-8,15H2;1H. The van der Waals surface area contributed by atoms with E-state index in [4.69, 9.17) is 10.3 Å². The van der Waals surface area contributed by atoms with Gasteiger partial charge in [-0.05, 0) is 30.9 Å². The minimum Gasteiger partial charge on any atom is -0.339 e. The highest BCUT2D eigenvalue weighted by Crippen LogP contribution is 2.36. The number of nitrogens with zero attached hydrogens (tertiary/aromatic N) is 2. The van der Waals surface area contributed by atoms with Crippen LogP contribution in [0.1, 0.15) is 36.5 Å². The molecule has 1 aromatic carbocycles. The number of rotatable bonds is 3. The number of hydrogen-bond acceptors (Lipinski definition) is 4. The zero-order chi connectivity index (χ0) is 12.6. The number of halogens is 2. The fraction of sp³-hybridized carbons (Fsp3) is 0.385. The second-order valence-corrected chi connectivity index (χ2v) is 4.79. The van der Waals surface area contributed by atoms with E-state index in [2.05, 4.69) is 10.1 Å². The topological polar surface area (TPSA) is 64.9 Å². The minimum atomic E-state index is -0.434. The SMILES string of the molecule is Cl.NC1(c2noc(Cc3ccccc3F)n2)CCC1. The van der Waals surface area contributed by atoms with Crippen molar-refractivity contribution in [1.29, 1.82) is 0 Å². The van der Waals surface area contributed by atoms with Crippen molar-refractivity contribution in [2.45, 2.75) is 31.2 Å². The zero-order valence-corrected chi connectivity index (χ0v) is 11.1. The van der Waals surface area contributed by atoms with Gasteiger partial charge in [-0.1, -0.05) is 23.4 Å². The summed E-state index contributed by atoms with van der Waals surface area (Å²) < 4.78 is 18.6. The van der Waals surface area contributed by atoms with E-state index in [1.807, 2.05) is 0 Å². The summed E-state index contributed by atoms with van der Waals surface area (Å²) in [5.41, 5.74) is 6.22. The van der Waals surface area contributed by atoms with Crippen molar-refractivity contribution in [3.8, 4) is 0 Å². The van der Waals surface area contributed by atoms with Crippen molar-refractivity contribution in [3.05, 3.63) is 47.4 Å². The molecule has 1 fully saturated rings. The molecule has 1 heterocycles. The monoisotopic (exact) mass is 283 g/mol. The van der Waals surface area contributed by atoms with Crippen LogP contribution in [0.15, 0.2) is 28.8 Å². The maximum absolute atomic E-state index is 13.5. The van der Waals surface area contributed by atoms with E-state index in [1.165, 1.54) is 6.07 Å². The van der Waals surface area contributed by atoms with Crippen LogP contribution in [0.2, 0.25) is 0 Å². The van der Waals surface area contributed by atoms with Crippen LogP contribution in [0.4, 0.5) is 4.39 Å². The fourth-order valence-electron chi connectivity index (χ4n) is 2.11. The molecular weight excluding hydrogens is 269 g/mol. The van der Waals surface area contributed by atoms with Crippen molar-refractivity contribution < 1.29 is 8.91 Å². The highest BCUT2D eigenvalue weighted by Gasteiger charge is 2.38. The largest absolute Gasteiger partial charge is 0.339 e. The van der Waals surface area contributed by atoms with Gasteiger partial charge < -0.3 is 10.3 Å². The predicted octanol–water partition coefficient (Wildman–Crippen LogP) is 2.56. The number of nitrogens with two attached hydrogens (primary N) is 1. The Balaban J connectivity index is 0.00000133. The Morgan fingerprint density at radius 1 is 1.32 bits per heavy atom. The fourth-order valence-corrected chi connectivity index (χ4v) is 2.11. The lowest BCUT2D eigenvalue weighted by Gasteiger charge is -2.34. The summed E-state index contributed by atoms with van der Waals surface area (Å²) in [4.78, 5) is 4.27. The molecule has 2 N–H and O–H groups in total. The Hall–Kier alpha value is -1.46. The lowest BCUT2D eigenvalue weighted by Crippen LogP contribution is -2.44. The molecule has 1 aliphatic rings. The van der Waals surface area contributed by atoms with E-state index in [9.17, 15) is 4.39 Å². The van der Waals surface area contributed by atoms with Crippen molar-refractivity contribution >= 4 is 12.4 Å². The summed E-state index contributed by atoms with van der Waals surface area (Å²) >= 11 is 0. The molecule has 1 saturated carbocycles. The molecule has 3 rings (SSSR count). The summed E-state index contributed by atoms with van der Waals surface area (Å²) in [5.74, 6) is 0.690. The molecule has 0 amide bonds. The summed E-state index contributed by atoms with van der Waals surface area (Å²) in [6.07, 6.45) is 3.15. The molecule has 6 heteroatoms. The molecule has 0 atom stereocenters. The summed E-state index contributed by atoms with van der Waals surface area (Å²) in [5, 5.41) is 3.90. The first-order valence-corrected chi connectivity index (χ1v) is 6.03. The van der Waals surface area contributed by atoms with Crippen LogP contribution in [0.25, 0.3) is 0 Å². The second kappa shape index (κ2) is 5.27. The normalized spacial score (nSPS) is 16.5. The Labute approximate surface area is 116 Å². The maximum Gasteiger partial charge on any atom is 0.231 e. The van der Waals surface area contributed by atoms with Crippen LogP contribution in [-0.4, -0.2) is 10.1 Å². The Bertz CT molecular complexity index is 569. The molecule has 2 aromatic rings. The molecule has 19 heavy (non-hydrogen) atoms. The average molecular weight is 284 g/mol. The van der Waals surface area contributed by atoms with Gasteiger partial charge in [0.25, 0.3) is 0 Å². The highest BCUT2D eigenvalue weighted by molar-refractivity contribution is 5.85. The lowest BCUT2D eigenvalue weighted by molar-refractivity contribution is 0.229. The summed E-state index contributed by atoms with van der Waals surface area (Å²) in [7, 11) is 0. The first-order valence-electron chi connectivity index (χ1n) is 6.03. The van der Waals surface area contributed by atoms with Crippen molar-refractivity contribution in [3.63, 3.8) is 0 Å². The summed E-state index contributed by atoms with van der Waals surface area (Å²) in [6.45, 7) is 0. The van der Waals surface area contributed by atoms with E-state index in [-0.39, 0.29) is 18.2 Å². The van der Waals surface area contributed by atoms with Crippen LogP contribution in [0.5, 0.6) is 0 Å². The van der Waals surface area contributed by atoms with Crippen molar-refractivity contribution in [2.75, 3.05) is 0 Å². The molecule has 1 aromatic heterocycles. The first kappa shape index (κ1) is 14.0. The molecule has 1 aliphatic carbocycles. The van der Waals surface area contributed by atoms with E-state index in [0.29, 0.717) is 23.7 Å². The zero-order valence-electron chi connectivity index (χ0n) is 10.3. The highest BCUT2D eigenvalue weighted by atomic mass is 35.5. The Morgan fingerprint density at radius 3 is 2.68 bits per heavy atom. The van der Waals surface area contributed by atoms with Gasteiger partial charge >= 0.3 is 0 Å². The third-order valence-corrected chi connectivity index (χ3v) is 3.46. The number of aromatic nitrogens is 2. The quantitative estimate of drug-likeness (QED) is 0.940. The molecule has 4 nitrogen and oxygen atoms in total. The molecule has 0 radical (unpaired) electrons. The second-order valence-electron chi connectivity index (χ2n) is 4.79. The van der Waals surface area contributed by atoms with Crippen LogP contribution in [0, 0.1) is 5.82 Å². The molecule has 0 aliphatic heterocycles. The molecule has 0 spiro atoms. The van der Waals surface area contributed by atoms with Crippen LogP contribution in [-0.2, 0) is 12.0 Å². The van der Waals surface area contributed by atoms with Gasteiger partial charge in [0.05, 0.1) is 12.0 Å². The third kappa shape index (κ3) is 2.62. The molecule has 102 valence electrons. The minimum absolute atomic E-state index is 0. The predicted molar refractivity (Wildman–Crippen MR) is 70.5 cm³/mol. The van der Waals surface area contributed by atoms with Crippen molar-refractivity contribution in [1.82, 2.24) is 10.1 Å². The average Bonchev–Trinajstić information content (AvgIpc) is 2.78. The van der Waals surface area contributed by atoms with Crippen LogP contribution >= 0.6 is 12.4 Å². The van der Waals surface area contributed by atoms with Gasteiger partial charge in [0.15, 0.2) is 5.82 Å². The lowest BCUT2D eigenvalue weighted by atomic mass is 9.77. The van der Waals surface area contributed by atoms with Gasteiger partial charge in [0, 0.05) is 0 Å². The molecule has 0 unspecified atom stereocenters. The van der Waals surface area contributed by atoms with E-state index in [1.54, 1.807) is 18.2 Å². The van der Waals surface area contributed by atoms with Gasteiger partial charge in [-0.25, -0.2) is 4.39 Å². The molecular formula is C13H15ClFN3O. The van der Waals surface area contributed by atoms with Gasteiger partial charge in [0.2, 0.25) is 5.89 Å². The van der Waals surface area contributed by atoms with Crippen LogP contribution in [0.3, 0.4) is 0 Å². The first-order chi connectivity index (χ1) is 8.67. The molecule has 0 bridgehead atoms. The van der Waals surface area contributed by atoms with Gasteiger partial charge in [-0.3, -0.25) is 0 Å².